The monoisotopic (exact) mass is 249 g/mol. The first-order valence-corrected chi connectivity index (χ1v) is 6.70. The van der Waals surface area contributed by atoms with Gasteiger partial charge in [-0.15, -0.1) is 0 Å². The molecular weight excluding hydrogens is 230 g/mol. The van der Waals surface area contributed by atoms with Crippen LogP contribution in [0.1, 0.15) is 20.8 Å². The lowest BCUT2D eigenvalue weighted by Gasteiger charge is -2.27. The topological polar surface area (TPSA) is 54.7 Å². The molecule has 0 radical (unpaired) electrons. The number of hydrogen-bond donors (Lipinski definition) is 2. The molecule has 3 nitrogen and oxygen atoms in total. The van der Waals surface area contributed by atoms with Gasteiger partial charge in [-0.25, -0.2) is 4.98 Å². The third-order valence-corrected chi connectivity index (χ3v) is 4.40. The number of thioether (sulfide) groups is 1. The van der Waals surface area contributed by atoms with Crippen molar-refractivity contribution in [3.8, 4) is 0 Å². The van der Waals surface area contributed by atoms with Crippen molar-refractivity contribution in [3.63, 3.8) is 0 Å². The summed E-state index contributed by atoms with van der Waals surface area (Å²) in [6, 6.07) is 8.08. The molecule has 1 aromatic heterocycles. The summed E-state index contributed by atoms with van der Waals surface area (Å²) in [7, 11) is 0. The van der Waals surface area contributed by atoms with Gasteiger partial charge in [0.2, 0.25) is 0 Å². The van der Waals surface area contributed by atoms with Gasteiger partial charge in [-0.2, -0.15) is 0 Å². The maximum atomic E-state index is 5.84. The van der Waals surface area contributed by atoms with Gasteiger partial charge in [0.05, 0.1) is 11.0 Å². The maximum absolute atomic E-state index is 5.84. The van der Waals surface area contributed by atoms with Gasteiger partial charge in [-0.1, -0.05) is 44.7 Å². The van der Waals surface area contributed by atoms with Crippen LogP contribution in [0.15, 0.2) is 29.4 Å². The number of aromatic amines is 1. The molecule has 0 saturated carbocycles. The van der Waals surface area contributed by atoms with Gasteiger partial charge < -0.3 is 10.7 Å². The highest BCUT2D eigenvalue weighted by molar-refractivity contribution is 7.99. The van der Waals surface area contributed by atoms with Crippen LogP contribution in [0.3, 0.4) is 0 Å². The van der Waals surface area contributed by atoms with E-state index in [1.165, 1.54) is 0 Å². The standard InChI is InChI=1S/C13H19N3S/c1-13(2,3)11(8-14)17-12-15-9-6-4-5-7-10(9)16-12/h4-7,11H,8,14H2,1-3H3,(H,15,16). The van der Waals surface area contributed by atoms with Crippen LogP contribution in [0.4, 0.5) is 0 Å². The number of rotatable bonds is 3. The highest BCUT2D eigenvalue weighted by atomic mass is 32.2. The summed E-state index contributed by atoms with van der Waals surface area (Å²) in [5.41, 5.74) is 8.11. The first-order valence-electron chi connectivity index (χ1n) is 5.82. The minimum Gasteiger partial charge on any atom is -0.333 e. The normalized spacial score (nSPS) is 14.1. The Labute approximate surface area is 106 Å². The van der Waals surface area contributed by atoms with E-state index in [1.807, 2.05) is 24.3 Å². The van der Waals surface area contributed by atoms with E-state index in [1.54, 1.807) is 11.8 Å². The van der Waals surface area contributed by atoms with Gasteiger partial charge in [0, 0.05) is 11.8 Å². The quantitative estimate of drug-likeness (QED) is 0.822. The number of imidazole rings is 1. The van der Waals surface area contributed by atoms with Gasteiger partial charge in [0.25, 0.3) is 0 Å². The van der Waals surface area contributed by atoms with Crippen molar-refractivity contribution in [2.45, 2.75) is 31.2 Å². The zero-order valence-corrected chi connectivity index (χ0v) is 11.3. The summed E-state index contributed by atoms with van der Waals surface area (Å²) in [5, 5.41) is 1.32. The van der Waals surface area contributed by atoms with E-state index in [-0.39, 0.29) is 5.41 Å². The average Bonchev–Trinajstić information content (AvgIpc) is 2.66. The summed E-state index contributed by atoms with van der Waals surface area (Å²) >= 11 is 1.73. The van der Waals surface area contributed by atoms with Crippen molar-refractivity contribution in [2.75, 3.05) is 6.54 Å². The Hall–Kier alpha value is -1.00. The maximum Gasteiger partial charge on any atom is 0.166 e. The predicted octanol–water partition coefficient (Wildman–Crippen LogP) is 3.03. The van der Waals surface area contributed by atoms with E-state index >= 15 is 0 Å². The number of nitrogens with zero attached hydrogens (tertiary/aromatic N) is 1. The van der Waals surface area contributed by atoms with Crippen LogP contribution in [0, 0.1) is 5.41 Å². The zero-order valence-electron chi connectivity index (χ0n) is 10.5. The Morgan fingerprint density at radius 1 is 1.35 bits per heavy atom. The van der Waals surface area contributed by atoms with Crippen molar-refractivity contribution in [3.05, 3.63) is 24.3 Å². The molecule has 0 aliphatic heterocycles. The largest absolute Gasteiger partial charge is 0.333 e. The molecule has 92 valence electrons. The Balaban J connectivity index is 2.23. The molecule has 0 spiro atoms. The van der Waals surface area contributed by atoms with Crippen molar-refractivity contribution in [1.29, 1.82) is 0 Å². The molecule has 2 aromatic rings. The minimum atomic E-state index is 0.179. The van der Waals surface area contributed by atoms with E-state index in [9.17, 15) is 0 Å². The van der Waals surface area contributed by atoms with E-state index < -0.39 is 0 Å². The third kappa shape index (κ3) is 2.82. The fourth-order valence-electron chi connectivity index (χ4n) is 1.70. The molecule has 1 atom stereocenters. The van der Waals surface area contributed by atoms with Crippen LogP contribution in [-0.2, 0) is 0 Å². The summed E-state index contributed by atoms with van der Waals surface area (Å²) in [4.78, 5) is 7.89. The van der Waals surface area contributed by atoms with Crippen LogP contribution in [0.25, 0.3) is 11.0 Å². The minimum absolute atomic E-state index is 0.179. The highest BCUT2D eigenvalue weighted by Crippen LogP contribution is 2.33. The number of fused-ring (bicyclic) bond motifs is 1. The van der Waals surface area contributed by atoms with Gasteiger partial charge in [-0.05, 0) is 17.5 Å². The van der Waals surface area contributed by atoms with E-state index in [4.69, 9.17) is 5.73 Å². The van der Waals surface area contributed by atoms with E-state index in [2.05, 4.69) is 30.7 Å². The van der Waals surface area contributed by atoms with Crippen LogP contribution in [0.2, 0.25) is 0 Å². The molecular formula is C13H19N3S. The second-order valence-corrected chi connectivity index (χ2v) is 6.46. The fraction of sp³-hybridized carbons (Fsp3) is 0.462. The van der Waals surface area contributed by atoms with Gasteiger partial charge >= 0.3 is 0 Å². The summed E-state index contributed by atoms with van der Waals surface area (Å²) in [5.74, 6) is 0. The molecule has 1 unspecified atom stereocenters. The van der Waals surface area contributed by atoms with Crippen molar-refractivity contribution < 1.29 is 0 Å². The number of hydrogen-bond acceptors (Lipinski definition) is 3. The summed E-state index contributed by atoms with van der Waals surface area (Å²) < 4.78 is 0. The lowest BCUT2D eigenvalue weighted by Crippen LogP contribution is -2.30. The van der Waals surface area contributed by atoms with Crippen molar-refractivity contribution in [1.82, 2.24) is 9.97 Å². The number of nitrogens with two attached hydrogens (primary N) is 1. The SMILES string of the molecule is CC(C)(C)C(CN)Sc1nc2ccccc2[nH]1. The number of H-pyrrole nitrogens is 1. The van der Waals surface area contributed by atoms with Gasteiger partial charge in [0.15, 0.2) is 5.16 Å². The smallest absolute Gasteiger partial charge is 0.166 e. The molecule has 17 heavy (non-hydrogen) atoms. The van der Waals surface area contributed by atoms with Crippen LogP contribution >= 0.6 is 11.8 Å². The molecule has 3 N–H and O–H groups in total. The first-order chi connectivity index (χ1) is 8.00. The predicted molar refractivity (Wildman–Crippen MR) is 74.2 cm³/mol. The van der Waals surface area contributed by atoms with Gasteiger partial charge in [0.1, 0.15) is 0 Å². The average molecular weight is 249 g/mol. The lowest BCUT2D eigenvalue weighted by molar-refractivity contribution is 0.398. The Morgan fingerprint density at radius 2 is 2.06 bits per heavy atom. The van der Waals surface area contributed by atoms with Crippen molar-refractivity contribution >= 4 is 22.8 Å². The zero-order chi connectivity index (χ0) is 12.5. The number of para-hydroxylation sites is 2. The van der Waals surface area contributed by atoms with E-state index in [0.29, 0.717) is 11.8 Å². The molecule has 1 heterocycles. The Kier molecular flexibility index (Phi) is 3.45. The van der Waals surface area contributed by atoms with Crippen LogP contribution in [-0.4, -0.2) is 21.8 Å². The summed E-state index contributed by atoms with van der Waals surface area (Å²) in [6.45, 7) is 7.28. The van der Waals surface area contributed by atoms with Gasteiger partial charge in [-0.3, -0.25) is 0 Å². The van der Waals surface area contributed by atoms with Crippen molar-refractivity contribution in [2.24, 2.45) is 11.1 Å². The number of benzene rings is 1. The lowest BCUT2D eigenvalue weighted by atomic mass is 9.92. The number of nitrogens with one attached hydrogen (secondary N) is 1. The molecule has 0 aliphatic rings. The molecule has 0 amide bonds. The third-order valence-electron chi connectivity index (χ3n) is 2.80. The van der Waals surface area contributed by atoms with E-state index in [0.717, 1.165) is 16.2 Å². The molecule has 0 fully saturated rings. The Bertz CT molecular complexity index is 466. The van der Waals surface area contributed by atoms with Crippen LogP contribution in [0.5, 0.6) is 0 Å². The molecule has 1 aromatic carbocycles. The Morgan fingerprint density at radius 3 is 2.65 bits per heavy atom. The molecule has 0 saturated heterocycles. The number of aromatic nitrogens is 2. The second-order valence-electron chi connectivity index (χ2n) is 5.27. The molecule has 0 aliphatic carbocycles. The van der Waals surface area contributed by atoms with Crippen LogP contribution < -0.4 is 5.73 Å². The molecule has 4 heteroatoms. The fourth-order valence-corrected chi connectivity index (χ4v) is 2.74. The second kappa shape index (κ2) is 4.70. The molecule has 2 rings (SSSR count). The molecule has 0 bridgehead atoms. The highest BCUT2D eigenvalue weighted by Gasteiger charge is 2.25. The summed E-state index contributed by atoms with van der Waals surface area (Å²) in [6.07, 6.45) is 0. The first kappa shape index (κ1) is 12.5.